The van der Waals surface area contributed by atoms with Crippen LogP contribution in [0.5, 0.6) is 0 Å². The lowest BCUT2D eigenvalue weighted by atomic mass is 10.1. The highest BCUT2D eigenvalue weighted by Crippen LogP contribution is 2.41. The predicted octanol–water partition coefficient (Wildman–Crippen LogP) is 3.33. The molecule has 3 heterocycles. The van der Waals surface area contributed by atoms with E-state index in [1.807, 2.05) is 30.3 Å². The predicted molar refractivity (Wildman–Crippen MR) is 114 cm³/mol. The second kappa shape index (κ2) is 8.18. The van der Waals surface area contributed by atoms with Crippen molar-refractivity contribution < 1.29 is 4.79 Å². The molecule has 8 heteroatoms. The van der Waals surface area contributed by atoms with Crippen LogP contribution in [-0.2, 0) is 4.79 Å². The molecule has 1 aliphatic carbocycles. The first-order valence-electron chi connectivity index (χ1n) is 10.6. The molecule has 152 valence electrons. The monoisotopic (exact) mass is 410 g/mol. The fourth-order valence-corrected chi connectivity index (χ4v) is 4.87. The van der Waals surface area contributed by atoms with E-state index in [-0.39, 0.29) is 5.91 Å². The zero-order chi connectivity index (χ0) is 19.6. The summed E-state index contributed by atoms with van der Waals surface area (Å²) in [5, 5.41) is 16.0. The van der Waals surface area contributed by atoms with E-state index in [0.717, 1.165) is 41.9 Å². The minimum absolute atomic E-state index is 0.0331. The third-order valence-corrected chi connectivity index (χ3v) is 6.65. The maximum atomic E-state index is 12.7. The molecular weight excluding hydrogens is 384 g/mol. The van der Waals surface area contributed by atoms with Crippen molar-refractivity contribution in [3.05, 3.63) is 35.9 Å². The van der Waals surface area contributed by atoms with Gasteiger partial charge in [-0.2, -0.15) is 5.10 Å². The van der Waals surface area contributed by atoms with Crippen molar-refractivity contribution >= 4 is 29.3 Å². The maximum absolute atomic E-state index is 12.7. The molecule has 0 unspecified atom stereocenters. The van der Waals surface area contributed by atoms with Gasteiger partial charge >= 0.3 is 0 Å². The van der Waals surface area contributed by atoms with E-state index in [1.54, 1.807) is 5.01 Å². The number of aromatic nitrogens is 3. The molecule has 1 amide bonds. The van der Waals surface area contributed by atoms with Crippen LogP contribution in [0.2, 0.25) is 0 Å². The van der Waals surface area contributed by atoms with Gasteiger partial charge in [0.25, 0.3) is 5.91 Å². The standard InChI is InChI=1S/C21H26N6OS/c28-19(26-14-11-18(24-26)16-7-3-1-4-8-16)15-29-21-23-22-20(27(21)17-9-10-17)25-12-5-2-6-13-25/h1,3-4,7-8,17H,2,5-6,9-15H2. The van der Waals surface area contributed by atoms with Crippen LogP contribution in [0.3, 0.4) is 0 Å². The zero-order valence-electron chi connectivity index (χ0n) is 16.5. The number of nitrogens with zero attached hydrogens (tertiary/aromatic N) is 6. The zero-order valence-corrected chi connectivity index (χ0v) is 17.4. The Morgan fingerprint density at radius 1 is 1.03 bits per heavy atom. The molecule has 0 N–H and O–H groups in total. The van der Waals surface area contributed by atoms with Crippen molar-refractivity contribution in [2.75, 3.05) is 30.3 Å². The Labute approximate surface area is 175 Å². The summed E-state index contributed by atoms with van der Waals surface area (Å²) in [6, 6.07) is 10.6. The molecule has 1 aromatic carbocycles. The highest BCUT2D eigenvalue weighted by molar-refractivity contribution is 7.99. The second-order valence-electron chi connectivity index (χ2n) is 7.90. The highest BCUT2D eigenvalue weighted by atomic mass is 32.2. The number of amides is 1. The number of thioether (sulfide) groups is 1. The van der Waals surface area contributed by atoms with Gasteiger partial charge in [-0.3, -0.25) is 9.36 Å². The van der Waals surface area contributed by atoms with Gasteiger partial charge in [-0.1, -0.05) is 42.1 Å². The van der Waals surface area contributed by atoms with Crippen LogP contribution >= 0.6 is 11.8 Å². The summed E-state index contributed by atoms with van der Waals surface area (Å²) in [6.45, 7) is 2.76. The van der Waals surface area contributed by atoms with E-state index < -0.39 is 0 Å². The number of benzene rings is 1. The molecule has 2 fully saturated rings. The van der Waals surface area contributed by atoms with Crippen LogP contribution in [0.25, 0.3) is 0 Å². The third kappa shape index (κ3) is 4.03. The van der Waals surface area contributed by atoms with Crippen molar-refractivity contribution in [2.24, 2.45) is 5.10 Å². The summed E-state index contributed by atoms with van der Waals surface area (Å²) in [6.07, 6.45) is 6.89. The van der Waals surface area contributed by atoms with Gasteiger partial charge in [0.15, 0.2) is 5.16 Å². The number of piperidine rings is 1. The number of carbonyl (C=O) groups is 1. The summed E-state index contributed by atoms with van der Waals surface area (Å²) in [7, 11) is 0. The smallest absolute Gasteiger partial charge is 0.253 e. The Morgan fingerprint density at radius 2 is 1.83 bits per heavy atom. The van der Waals surface area contributed by atoms with Gasteiger partial charge in [-0.05, 0) is 37.7 Å². The first kappa shape index (κ1) is 18.7. The molecule has 1 saturated carbocycles. The quantitative estimate of drug-likeness (QED) is 0.684. The van der Waals surface area contributed by atoms with E-state index in [2.05, 4.69) is 24.8 Å². The Balaban J connectivity index is 1.25. The Hall–Kier alpha value is -2.35. The van der Waals surface area contributed by atoms with Gasteiger partial charge in [0.05, 0.1) is 18.0 Å². The van der Waals surface area contributed by atoms with Crippen LogP contribution in [-0.4, -0.2) is 56.8 Å². The van der Waals surface area contributed by atoms with Crippen molar-refractivity contribution in [1.29, 1.82) is 0 Å². The first-order chi connectivity index (χ1) is 14.3. The van der Waals surface area contributed by atoms with Crippen molar-refractivity contribution in [3.63, 3.8) is 0 Å². The van der Waals surface area contributed by atoms with Crippen LogP contribution < -0.4 is 4.90 Å². The minimum Gasteiger partial charge on any atom is -0.341 e. The van der Waals surface area contributed by atoms with Gasteiger partial charge < -0.3 is 4.90 Å². The van der Waals surface area contributed by atoms with Gasteiger partial charge in [0.1, 0.15) is 0 Å². The van der Waals surface area contributed by atoms with E-state index in [0.29, 0.717) is 18.3 Å². The average Bonchev–Trinajstić information content (AvgIpc) is 3.33. The van der Waals surface area contributed by atoms with Crippen LogP contribution in [0, 0.1) is 0 Å². The largest absolute Gasteiger partial charge is 0.341 e. The lowest BCUT2D eigenvalue weighted by Gasteiger charge is -2.27. The topological polar surface area (TPSA) is 66.6 Å². The molecule has 0 spiro atoms. The number of carbonyl (C=O) groups excluding carboxylic acids is 1. The molecule has 0 bridgehead atoms. The highest BCUT2D eigenvalue weighted by Gasteiger charge is 2.32. The molecule has 29 heavy (non-hydrogen) atoms. The first-order valence-corrected chi connectivity index (χ1v) is 11.5. The summed E-state index contributed by atoms with van der Waals surface area (Å²) in [5.41, 5.74) is 2.08. The Kier molecular flexibility index (Phi) is 5.26. The Bertz CT molecular complexity index is 901. The summed E-state index contributed by atoms with van der Waals surface area (Å²) in [5.74, 6) is 1.37. The van der Waals surface area contributed by atoms with Crippen LogP contribution in [0.1, 0.15) is 50.1 Å². The molecule has 5 rings (SSSR count). The van der Waals surface area contributed by atoms with Gasteiger partial charge in [-0.15, -0.1) is 10.2 Å². The number of anilines is 1. The number of hydrazone groups is 1. The van der Waals surface area contributed by atoms with Gasteiger partial charge in [0.2, 0.25) is 5.95 Å². The third-order valence-electron chi connectivity index (χ3n) is 5.72. The molecular formula is C21H26N6OS. The van der Waals surface area contributed by atoms with Gasteiger partial charge in [0, 0.05) is 25.6 Å². The van der Waals surface area contributed by atoms with E-state index >= 15 is 0 Å². The van der Waals surface area contributed by atoms with Gasteiger partial charge in [-0.25, -0.2) is 5.01 Å². The lowest BCUT2D eigenvalue weighted by molar-refractivity contribution is -0.127. The number of hydrogen-bond acceptors (Lipinski definition) is 6. The normalized spacial score (nSPS) is 19.5. The van der Waals surface area contributed by atoms with Crippen LogP contribution in [0.4, 0.5) is 5.95 Å². The lowest BCUT2D eigenvalue weighted by Crippen LogP contribution is -2.32. The molecule has 3 aliphatic rings. The second-order valence-corrected chi connectivity index (χ2v) is 8.84. The molecule has 1 aromatic heterocycles. The minimum atomic E-state index is 0.0331. The summed E-state index contributed by atoms with van der Waals surface area (Å²) >= 11 is 1.49. The van der Waals surface area contributed by atoms with Crippen molar-refractivity contribution in [2.45, 2.75) is 49.7 Å². The maximum Gasteiger partial charge on any atom is 0.253 e. The average molecular weight is 411 g/mol. The fourth-order valence-electron chi connectivity index (χ4n) is 4.00. The molecule has 1 saturated heterocycles. The molecule has 0 radical (unpaired) electrons. The molecule has 2 aliphatic heterocycles. The molecule has 2 aromatic rings. The van der Waals surface area contributed by atoms with E-state index in [4.69, 9.17) is 0 Å². The molecule has 0 atom stereocenters. The van der Waals surface area contributed by atoms with Crippen molar-refractivity contribution in [3.8, 4) is 0 Å². The van der Waals surface area contributed by atoms with Crippen LogP contribution in [0.15, 0.2) is 40.6 Å². The van der Waals surface area contributed by atoms with Crippen molar-refractivity contribution in [1.82, 2.24) is 19.8 Å². The summed E-state index contributed by atoms with van der Waals surface area (Å²) in [4.78, 5) is 15.1. The fraction of sp³-hybridized carbons (Fsp3) is 0.524. The number of hydrogen-bond donors (Lipinski definition) is 0. The Morgan fingerprint density at radius 3 is 2.59 bits per heavy atom. The SMILES string of the molecule is O=C(CSc1nnc(N2CCCCC2)n1C1CC1)N1CCC(c2ccccc2)=N1. The van der Waals surface area contributed by atoms with E-state index in [1.165, 1.54) is 43.9 Å². The summed E-state index contributed by atoms with van der Waals surface area (Å²) < 4.78 is 2.27. The van der Waals surface area contributed by atoms with E-state index in [9.17, 15) is 4.79 Å². The number of rotatable bonds is 6. The molecule has 7 nitrogen and oxygen atoms in total.